The molecule has 0 amide bonds. The molecule has 4 rings (SSSR count). The molecule has 0 aliphatic carbocycles. The molecule has 0 fully saturated rings. The number of hydrogen-bond donors (Lipinski definition) is 1. The number of nitrogens with one attached hydrogen (secondary N) is 1. The number of pyridine rings is 1. The van der Waals surface area contributed by atoms with Crippen LogP contribution in [0.3, 0.4) is 0 Å². The molecule has 0 saturated heterocycles. The lowest BCUT2D eigenvalue weighted by atomic mass is 10.1. The van der Waals surface area contributed by atoms with Crippen LogP contribution in [0.15, 0.2) is 54.7 Å². The van der Waals surface area contributed by atoms with Gasteiger partial charge in [-0.3, -0.25) is 4.98 Å². The molecule has 2 heterocycles. The number of aryl methyl sites for hydroxylation is 1. The maximum atomic E-state index is 4.75. The van der Waals surface area contributed by atoms with Gasteiger partial charge in [0.15, 0.2) is 0 Å². The summed E-state index contributed by atoms with van der Waals surface area (Å²) < 4.78 is 0. The third kappa shape index (κ3) is 1.67. The second kappa shape index (κ2) is 4.17. The predicted octanol–water partition coefficient (Wildman–Crippen LogP) is 4.09. The van der Waals surface area contributed by atoms with Crippen LogP contribution in [-0.2, 0) is 0 Å². The van der Waals surface area contributed by atoms with Gasteiger partial charge >= 0.3 is 0 Å². The highest BCUT2D eigenvalue weighted by atomic mass is 14.9. The maximum absolute atomic E-state index is 4.75. The first-order chi connectivity index (χ1) is 9.81. The van der Waals surface area contributed by atoms with Gasteiger partial charge in [0.1, 0.15) is 5.82 Å². The van der Waals surface area contributed by atoms with E-state index in [9.17, 15) is 0 Å². The summed E-state index contributed by atoms with van der Waals surface area (Å²) in [6, 6.07) is 16.4. The Kier molecular flexibility index (Phi) is 2.33. The highest BCUT2D eigenvalue weighted by molar-refractivity contribution is 6.03. The standard InChI is InChI=1S/C17H13N3/c1-11-4-6-12(7-5-11)17-19-15-9-8-14-13(16(15)20-17)3-2-10-18-14/h2-10H,1H3,(H,19,20). The van der Waals surface area contributed by atoms with Crippen molar-refractivity contribution in [3.8, 4) is 11.4 Å². The molecule has 1 N–H and O–H groups in total. The smallest absolute Gasteiger partial charge is 0.138 e. The predicted molar refractivity (Wildman–Crippen MR) is 81.6 cm³/mol. The van der Waals surface area contributed by atoms with Crippen molar-refractivity contribution in [3.63, 3.8) is 0 Å². The Bertz CT molecular complexity index is 904. The third-order valence-electron chi connectivity index (χ3n) is 3.56. The van der Waals surface area contributed by atoms with Crippen molar-refractivity contribution < 1.29 is 0 Å². The van der Waals surface area contributed by atoms with Gasteiger partial charge in [-0.2, -0.15) is 0 Å². The highest BCUT2D eigenvalue weighted by Gasteiger charge is 2.08. The van der Waals surface area contributed by atoms with Crippen molar-refractivity contribution in [2.75, 3.05) is 0 Å². The monoisotopic (exact) mass is 259 g/mol. The molecular formula is C17H13N3. The van der Waals surface area contributed by atoms with Crippen molar-refractivity contribution in [1.82, 2.24) is 15.0 Å². The first kappa shape index (κ1) is 11.2. The molecule has 0 radical (unpaired) electrons. The molecular weight excluding hydrogens is 246 g/mol. The van der Waals surface area contributed by atoms with E-state index in [2.05, 4.69) is 47.2 Å². The van der Waals surface area contributed by atoms with Crippen molar-refractivity contribution in [2.45, 2.75) is 6.92 Å². The minimum Gasteiger partial charge on any atom is -0.338 e. The van der Waals surface area contributed by atoms with Crippen molar-refractivity contribution in [1.29, 1.82) is 0 Å². The van der Waals surface area contributed by atoms with Gasteiger partial charge in [-0.25, -0.2) is 4.98 Å². The molecule has 96 valence electrons. The number of nitrogens with zero attached hydrogens (tertiary/aromatic N) is 2. The average molecular weight is 259 g/mol. The number of aromatic amines is 1. The van der Waals surface area contributed by atoms with Crippen LogP contribution in [0.25, 0.3) is 33.3 Å². The van der Waals surface area contributed by atoms with Crippen LogP contribution in [0, 0.1) is 6.92 Å². The van der Waals surface area contributed by atoms with Crippen LogP contribution >= 0.6 is 0 Å². The second-order valence-electron chi connectivity index (χ2n) is 4.98. The van der Waals surface area contributed by atoms with E-state index in [1.165, 1.54) is 5.56 Å². The number of fused-ring (bicyclic) bond motifs is 3. The Hall–Kier alpha value is -2.68. The lowest BCUT2D eigenvalue weighted by Crippen LogP contribution is -1.80. The first-order valence-electron chi connectivity index (χ1n) is 6.62. The van der Waals surface area contributed by atoms with E-state index in [-0.39, 0.29) is 0 Å². The summed E-state index contributed by atoms with van der Waals surface area (Å²) in [5.41, 5.74) is 5.34. The van der Waals surface area contributed by atoms with Crippen molar-refractivity contribution in [3.05, 3.63) is 60.3 Å². The summed E-state index contributed by atoms with van der Waals surface area (Å²) in [5, 5.41) is 1.08. The number of hydrogen-bond acceptors (Lipinski definition) is 2. The summed E-state index contributed by atoms with van der Waals surface area (Å²) >= 11 is 0. The zero-order chi connectivity index (χ0) is 13.5. The summed E-state index contributed by atoms with van der Waals surface area (Å²) in [6.07, 6.45) is 1.81. The molecule has 0 atom stereocenters. The molecule has 0 bridgehead atoms. The number of rotatable bonds is 1. The lowest BCUT2D eigenvalue weighted by molar-refractivity contribution is 1.33. The van der Waals surface area contributed by atoms with Gasteiger partial charge in [0, 0.05) is 17.1 Å². The van der Waals surface area contributed by atoms with Crippen LogP contribution in [0.2, 0.25) is 0 Å². The molecule has 0 aliphatic heterocycles. The van der Waals surface area contributed by atoms with E-state index in [1.807, 2.05) is 24.4 Å². The molecule has 20 heavy (non-hydrogen) atoms. The number of aromatic nitrogens is 3. The number of imidazole rings is 1. The Labute approximate surface area is 116 Å². The normalized spacial score (nSPS) is 11.2. The molecule has 0 saturated carbocycles. The third-order valence-corrected chi connectivity index (χ3v) is 3.56. The summed E-state index contributed by atoms with van der Waals surface area (Å²) in [6.45, 7) is 2.08. The van der Waals surface area contributed by atoms with E-state index in [0.29, 0.717) is 0 Å². The van der Waals surface area contributed by atoms with E-state index in [1.54, 1.807) is 0 Å². The van der Waals surface area contributed by atoms with Gasteiger partial charge in [0.2, 0.25) is 0 Å². The fraction of sp³-hybridized carbons (Fsp3) is 0.0588. The van der Waals surface area contributed by atoms with Crippen LogP contribution in [0.1, 0.15) is 5.56 Å². The van der Waals surface area contributed by atoms with Gasteiger partial charge in [0.25, 0.3) is 0 Å². The quantitative estimate of drug-likeness (QED) is 0.559. The van der Waals surface area contributed by atoms with Gasteiger partial charge in [0.05, 0.1) is 16.6 Å². The van der Waals surface area contributed by atoms with E-state index in [0.717, 1.165) is 33.3 Å². The van der Waals surface area contributed by atoms with Crippen LogP contribution in [0.5, 0.6) is 0 Å². The molecule has 0 aliphatic rings. The van der Waals surface area contributed by atoms with Crippen LogP contribution in [0.4, 0.5) is 0 Å². The van der Waals surface area contributed by atoms with Gasteiger partial charge in [-0.15, -0.1) is 0 Å². The Morgan fingerprint density at radius 3 is 2.65 bits per heavy atom. The Morgan fingerprint density at radius 2 is 1.80 bits per heavy atom. The first-order valence-corrected chi connectivity index (χ1v) is 6.62. The largest absolute Gasteiger partial charge is 0.338 e. The average Bonchev–Trinajstić information content (AvgIpc) is 2.92. The van der Waals surface area contributed by atoms with E-state index >= 15 is 0 Å². The van der Waals surface area contributed by atoms with Crippen molar-refractivity contribution in [2.24, 2.45) is 0 Å². The molecule has 4 aromatic rings. The van der Waals surface area contributed by atoms with Crippen LogP contribution in [-0.4, -0.2) is 15.0 Å². The van der Waals surface area contributed by atoms with E-state index < -0.39 is 0 Å². The minimum atomic E-state index is 0.899. The zero-order valence-electron chi connectivity index (χ0n) is 11.1. The minimum absolute atomic E-state index is 0.899. The SMILES string of the molecule is Cc1ccc(-c2nc3c(ccc4ncccc43)[nH]2)cc1. The summed E-state index contributed by atoms with van der Waals surface area (Å²) in [7, 11) is 0. The number of H-pyrrole nitrogens is 1. The van der Waals surface area contributed by atoms with Gasteiger partial charge < -0.3 is 4.98 Å². The van der Waals surface area contributed by atoms with Gasteiger partial charge in [-0.05, 0) is 31.2 Å². The molecule has 0 unspecified atom stereocenters. The number of benzene rings is 2. The highest BCUT2D eigenvalue weighted by Crippen LogP contribution is 2.26. The molecule has 3 heteroatoms. The molecule has 0 spiro atoms. The topological polar surface area (TPSA) is 41.6 Å². The molecule has 2 aromatic carbocycles. The fourth-order valence-corrected chi connectivity index (χ4v) is 2.47. The fourth-order valence-electron chi connectivity index (χ4n) is 2.47. The zero-order valence-corrected chi connectivity index (χ0v) is 11.1. The Balaban J connectivity index is 1.98. The summed E-state index contributed by atoms with van der Waals surface area (Å²) in [5.74, 6) is 0.899. The lowest BCUT2D eigenvalue weighted by Gasteiger charge is -1.96. The van der Waals surface area contributed by atoms with Crippen molar-refractivity contribution >= 4 is 21.9 Å². The maximum Gasteiger partial charge on any atom is 0.138 e. The van der Waals surface area contributed by atoms with E-state index in [4.69, 9.17) is 4.98 Å². The van der Waals surface area contributed by atoms with Gasteiger partial charge in [-0.1, -0.05) is 29.8 Å². The van der Waals surface area contributed by atoms with Crippen LogP contribution < -0.4 is 0 Å². The molecule has 2 aromatic heterocycles. The second-order valence-corrected chi connectivity index (χ2v) is 4.98. The molecule has 3 nitrogen and oxygen atoms in total. The summed E-state index contributed by atoms with van der Waals surface area (Å²) in [4.78, 5) is 12.5. The Morgan fingerprint density at radius 1 is 0.950 bits per heavy atom.